The van der Waals surface area contributed by atoms with E-state index in [0.29, 0.717) is 11.8 Å². The molecule has 2 bridgehead atoms. The van der Waals surface area contributed by atoms with Gasteiger partial charge >= 0.3 is 5.97 Å². The molecule has 0 amide bonds. The minimum Gasteiger partial charge on any atom is -0.436 e. The predicted molar refractivity (Wildman–Crippen MR) is 78.6 cm³/mol. The van der Waals surface area contributed by atoms with E-state index < -0.39 is 24.0 Å². The zero-order valence-electron chi connectivity index (χ0n) is 14.2. The zero-order valence-corrected chi connectivity index (χ0v) is 14.2. The highest BCUT2D eigenvalue weighted by Gasteiger charge is 2.69. The number of esters is 1. The molecule has 0 aromatic carbocycles. The van der Waals surface area contributed by atoms with E-state index in [1.54, 1.807) is 0 Å². The van der Waals surface area contributed by atoms with Gasteiger partial charge < -0.3 is 14.2 Å². The van der Waals surface area contributed by atoms with Crippen molar-refractivity contribution in [2.45, 2.75) is 77.3 Å². The maximum Gasteiger partial charge on any atom is 0.304 e. The molecule has 4 aliphatic heterocycles. The van der Waals surface area contributed by atoms with Crippen LogP contribution in [0.2, 0.25) is 0 Å². The Hall–Kier alpha value is -0.690. The van der Waals surface area contributed by atoms with Crippen LogP contribution in [0.25, 0.3) is 0 Å². The average molecular weight is 326 g/mol. The Labute approximate surface area is 136 Å². The van der Waals surface area contributed by atoms with Crippen LogP contribution in [-0.2, 0) is 28.8 Å². The third-order valence-corrected chi connectivity index (χ3v) is 6.38. The molecule has 130 valence electrons. The van der Waals surface area contributed by atoms with Crippen LogP contribution in [0, 0.1) is 23.7 Å². The standard InChI is InChI=1S/C17H26O6/c1-9-5-6-13-10(2)14(19-11(3)18)20-15-17(13)12(9)7-8-16(4,21-15)22-23-17/h9-10,12-15H,5-8H2,1-4H3/t9-,10-,12+,13+,14?,15-,16?,17-/m1/s1. The smallest absolute Gasteiger partial charge is 0.304 e. The molecule has 1 spiro atoms. The van der Waals surface area contributed by atoms with E-state index in [2.05, 4.69) is 13.8 Å². The second kappa shape index (κ2) is 5.15. The molecule has 5 fully saturated rings. The molecular weight excluding hydrogens is 300 g/mol. The van der Waals surface area contributed by atoms with E-state index in [1.807, 2.05) is 6.92 Å². The second-order valence-electron chi connectivity index (χ2n) is 7.88. The average Bonchev–Trinajstić information content (AvgIpc) is 2.70. The molecule has 4 heterocycles. The van der Waals surface area contributed by atoms with Gasteiger partial charge in [0.15, 0.2) is 11.9 Å². The monoisotopic (exact) mass is 326 g/mol. The fourth-order valence-electron chi connectivity index (χ4n) is 5.17. The van der Waals surface area contributed by atoms with Crippen molar-refractivity contribution in [3.05, 3.63) is 0 Å². The van der Waals surface area contributed by atoms with Crippen molar-refractivity contribution in [2.75, 3.05) is 0 Å². The van der Waals surface area contributed by atoms with Crippen molar-refractivity contribution in [2.24, 2.45) is 23.7 Å². The van der Waals surface area contributed by atoms with Crippen molar-refractivity contribution >= 4 is 5.97 Å². The molecule has 5 rings (SSSR count). The van der Waals surface area contributed by atoms with Gasteiger partial charge in [0.05, 0.1) is 0 Å². The first-order valence-electron chi connectivity index (χ1n) is 8.73. The fraction of sp³-hybridized carbons (Fsp3) is 0.941. The van der Waals surface area contributed by atoms with Crippen LogP contribution >= 0.6 is 0 Å². The number of hydrogen-bond acceptors (Lipinski definition) is 6. The molecule has 1 saturated carbocycles. The van der Waals surface area contributed by atoms with Crippen LogP contribution in [0.5, 0.6) is 0 Å². The quantitative estimate of drug-likeness (QED) is 0.545. The molecule has 6 heteroatoms. The maximum atomic E-state index is 11.4. The minimum atomic E-state index is -0.793. The lowest BCUT2D eigenvalue weighted by Crippen LogP contribution is -2.70. The lowest BCUT2D eigenvalue weighted by molar-refractivity contribution is -0.576. The van der Waals surface area contributed by atoms with Crippen molar-refractivity contribution < 1.29 is 28.8 Å². The van der Waals surface area contributed by atoms with Crippen molar-refractivity contribution in [1.29, 1.82) is 0 Å². The van der Waals surface area contributed by atoms with Crippen LogP contribution < -0.4 is 0 Å². The summed E-state index contributed by atoms with van der Waals surface area (Å²) < 4.78 is 17.7. The highest BCUT2D eigenvalue weighted by molar-refractivity contribution is 5.66. The maximum absolute atomic E-state index is 11.4. The van der Waals surface area contributed by atoms with Crippen LogP contribution in [-0.4, -0.2) is 29.9 Å². The molecule has 0 radical (unpaired) electrons. The number of ether oxygens (including phenoxy) is 3. The Morgan fingerprint density at radius 2 is 1.91 bits per heavy atom. The zero-order chi connectivity index (χ0) is 16.4. The van der Waals surface area contributed by atoms with E-state index >= 15 is 0 Å². The molecule has 2 unspecified atom stereocenters. The summed E-state index contributed by atoms with van der Waals surface area (Å²) in [5.41, 5.74) is -0.594. The molecule has 5 aliphatic rings. The van der Waals surface area contributed by atoms with E-state index in [0.717, 1.165) is 25.7 Å². The molecule has 23 heavy (non-hydrogen) atoms. The minimum absolute atomic E-state index is 0.0415. The highest BCUT2D eigenvalue weighted by Crippen LogP contribution is 2.60. The van der Waals surface area contributed by atoms with Gasteiger partial charge in [-0.1, -0.05) is 13.8 Å². The molecule has 4 saturated heterocycles. The Balaban J connectivity index is 1.74. The summed E-state index contributed by atoms with van der Waals surface area (Å²) >= 11 is 0. The van der Waals surface area contributed by atoms with Gasteiger partial charge in [0, 0.05) is 25.2 Å². The first kappa shape index (κ1) is 15.8. The first-order chi connectivity index (χ1) is 10.9. The molecule has 1 aliphatic carbocycles. The van der Waals surface area contributed by atoms with Gasteiger partial charge in [-0.05, 0) is 38.0 Å². The fourth-order valence-corrected chi connectivity index (χ4v) is 5.17. The van der Waals surface area contributed by atoms with Crippen molar-refractivity contribution in [3.8, 4) is 0 Å². The normalized spacial score (nSPS) is 55.0. The molecule has 8 atom stereocenters. The Morgan fingerprint density at radius 1 is 1.13 bits per heavy atom. The van der Waals surface area contributed by atoms with E-state index in [-0.39, 0.29) is 17.8 Å². The number of carbonyl (C=O) groups excluding carboxylic acids is 1. The number of fused-ring (bicyclic) bond motifs is 2. The third kappa shape index (κ3) is 2.18. The van der Waals surface area contributed by atoms with Crippen LogP contribution in [0.3, 0.4) is 0 Å². The summed E-state index contributed by atoms with van der Waals surface area (Å²) in [6, 6.07) is 0. The third-order valence-electron chi connectivity index (χ3n) is 6.38. The highest BCUT2D eigenvalue weighted by atomic mass is 17.3. The van der Waals surface area contributed by atoms with Gasteiger partial charge in [0.25, 0.3) is 0 Å². The number of hydrogen-bond donors (Lipinski definition) is 0. The van der Waals surface area contributed by atoms with E-state index in [1.165, 1.54) is 6.92 Å². The molecular formula is C17H26O6. The summed E-state index contributed by atoms with van der Waals surface area (Å²) in [6.07, 6.45) is 2.78. The lowest BCUT2D eigenvalue weighted by atomic mass is 9.58. The van der Waals surface area contributed by atoms with Crippen LogP contribution in [0.15, 0.2) is 0 Å². The summed E-state index contributed by atoms with van der Waals surface area (Å²) in [6.45, 7) is 7.64. The topological polar surface area (TPSA) is 63.2 Å². The first-order valence-corrected chi connectivity index (χ1v) is 8.73. The van der Waals surface area contributed by atoms with Gasteiger partial charge in [0.1, 0.15) is 0 Å². The largest absolute Gasteiger partial charge is 0.436 e. The molecule has 0 N–H and O–H groups in total. The van der Waals surface area contributed by atoms with Crippen LogP contribution in [0.4, 0.5) is 0 Å². The van der Waals surface area contributed by atoms with E-state index in [9.17, 15) is 4.79 Å². The predicted octanol–water partition coefficient (Wildman–Crippen LogP) is 2.76. The van der Waals surface area contributed by atoms with Crippen molar-refractivity contribution in [1.82, 2.24) is 0 Å². The summed E-state index contributed by atoms with van der Waals surface area (Å²) in [5.74, 6) is -0.0347. The SMILES string of the molecule is CC(=O)OC1O[C@@H]2OC3(C)CC[C@H]4[C@H](C)CC[C@@H]([C@H]1C)[C@@]24OO3. The van der Waals surface area contributed by atoms with Gasteiger partial charge in [0.2, 0.25) is 12.1 Å². The Morgan fingerprint density at radius 3 is 2.65 bits per heavy atom. The van der Waals surface area contributed by atoms with E-state index in [4.69, 9.17) is 24.0 Å². The Bertz CT molecular complexity index is 509. The summed E-state index contributed by atoms with van der Waals surface area (Å²) in [4.78, 5) is 23.2. The molecule has 0 aromatic rings. The number of rotatable bonds is 1. The van der Waals surface area contributed by atoms with Gasteiger partial charge in [-0.15, -0.1) is 0 Å². The van der Waals surface area contributed by atoms with Crippen LogP contribution in [0.1, 0.15) is 53.4 Å². The van der Waals surface area contributed by atoms with Crippen molar-refractivity contribution in [3.63, 3.8) is 0 Å². The van der Waals surface area contributed by atoms with Gasteiger partial charge in [-0.2, -0.15) is 0 Å². The van der Waals surface area contributed by atoms with Gasteiger partial charge in [-0.3, -0.25) is 4.79 Å². The van der Waals surface area contributed by atoms with Gasteiger partial charge in [-0.25, -0.2) is 9.78 Å². The summed E-state index contributed by atoms with van der Waals surface area (Å²) in [7, 11) is 0. The summed E-state index contributed by atoms with van der Waals surface area (Å²) in [5, 5.41) is 0. The number of carbonyl (C=O) groups is 1. The molecule has 6 nitrogen and oxygen atoms in total. The Kier molecular flexibility index (Phi) is 3.54. The lowest BCUT2D eigenvalue weighted by Gasteiger charge is -2.59. The molecule has 0 aromatic heterocycles. The second-order valence-corrected chi connectivity index (χ2v) is 7.88.